The molecule has 3 rings (SSSR count). The standard InChI is InChI=1S/C17H18ClN3O2/c1-23-13-7-5-12(6-8-13)15(22)11-19-10-14-17(18)20-16-4-2-3-9-21(14)16/h2-9,15,19,22H,10-11H2,1H3. The van der Waals surface area contributed by atoms with Crippen molar-refractivity contribution >= 4 is 17.2 Å². The smallest absolute Gasteiger partial charge is 0.152 e. The fraction of sp³-hybridized carbons (Fsp3) is 0.235. The molecule has 0 spiro atoms. The first kappa shape index (κ1) is 15.8. The van der Waals surface area contributed by atoms with Crippen LogP contribution in [0, 0.1) is 0 Å². The second kappa shape index (κ2) is 7.00. The number of imidazole rings is 1. The Labute approximate surface area is 139 Å². The fourth-order valence-corrected chi connectivity index (χ4v) is 2.69. The van der Waals surface area contributed by atoms with E-state index in [1.807, 2.05) is 53.1 Å². The Morgan fingerprint density at radius 1 is 1.26 bits per heavy atom. The zero-order chi connectivity index (χ0) is 16.2. The number of ether oxygens (including phenoxy) is 1. The molecule has 5 nitrogen and oxygen atoms in total. The summed E-state index contributed by atoms with van der Waals surface area (Å²) in [5.41, 5.74) is 2.52. The number of benzene rings is 1. The zero-order valence-electron chi connectivity index (χ0n) is 12.7. The van der Waals surface area contributed by atoms with Gasteiger partial charge in [-0.25, -0.2) is 4.98 Å². The number of methoxy groups -OCH3 is 1. The number of hydrogen-bond donors (Lipinski definition) is 2. The fourth-order valence-electron chi connectivity index (χ4n) is 2.45. The molecule has 2 N–H and O–H groups in total. The molecule has 0 aliphatic rings. The van der Waals surface area contributed by atoms with Crippen LogP contribution >= 0.6 is 11.6 Å². The zero-order valence-corrected chi connectivity index (χ0v) is 13.5. The normalized spacial score (nSPS) is 12.5. The van der Waals surface area contributed by atoms with E-state index in [-0.39, 0.29) is 0 Å². The molecule has 0 fully saturated rings. The van der Waals surface area contributed by atoms with Crippen molar-refractivity contribution in [3.63, 3.8) is 0 Å². The van der Waals surface area contributed by atoms with Gasteiger partial charge in [0, 0.05) is 19.3 Å². The maximum absolute atomic E-state index is 10.2. The van der Waals surface area contributed by atoms with E-state index in [4.69, 9.17) is 16.3 Å². The van der Waals surface area contributed by atoms with Crippen LogP contribution in [0.4, 0.5) is 0 Å². The van der Waals surface area contributed by atoms with Crippen LogP contribution in [-0.2, 0) is 6.54 Å². The Kier molecular flexibility index (Phi) is 4.81. The van der Waals surface area contributed by atoms with Crippen LogP contribution in [0.5, 0.6) is 5.75 Å². The molecule has 0 saturated heterocycles. The summed E-state index contributed by atoms with van der Waals surface area (Å²) in [7, 11) is 1.62. The number of aliphatic hydroxyl groups excluding tert-OH is 1. The Hall–Kier alpha value is -2.08. The number of nitrogens with one attached hydrogen (secondary N) is 1. The lowest BCUT2D eigenvalue weighted by Gasteiger charge is -2.13. The van der Waals surface area contributed by atoms with Gasteiger partial charge in [0.2, 0.25) is 0 Å². The maximum atomic E-state index is 10.2. The third kappa shape index (κ3) is 3.47. The SMILES string of the molecule is COc1ccc(C(O)CNCc2c(Cl)nc3ccccn23)cc1. The first-order chi connectivity index (χ1) is 11.2. The highest BCUT2D eigenvalue weighted by Gasteiger charge is 2.11. The van der Waals surface area contributed by atoms with Crippen molar-refractivity contribution in [1.82, 2.24) is 14.7 Å². The predicted molar refractivity (Wildman–Crippen MR) is 89.9 cm³/mol. The van der Waals surface area contributed by atoms with Gasteiger partial charge in [0.25, 0.3) is 0 Å². The van der Waals surface area contributed by atoms with Crippen LogP contribution in [0.3, 0.4) is 0 Å². The molecule has 2 heterocycles. The monoisotopic (exact) mass is 331 g/mol. The first-order valence-electron chi connectivity index (χ1n) is 7.33. The second-order valence-corrected chi connectivity index (χ2v) is 5.56. The van der Waals surface area contributed by atoms with E-state index in [9.17, 15) is 5.11 Å². The van der Waals surface area contributed by atoms with Crippen molar-refractivity contribution in [2.75, 3.05) is 13.7 Å². The lowest BCUT2D eigenvalue weighted by Crippen LogP contribution is -2.22. The maximum Gasteiger partial charge on any atom is 0.152 e. The molecule has 0 aliphatic carbocycles. The predicted octanol–water partition coefficient (Wildman–Crippen LogP) is 2.82. The van der Waals surface area contributed by atoms with Crippen LogP contribution in [0.1, 0.15) is 17.4 Å². The van der Waals surface area contributed by atoms with Crippen molar-refractivity contribution in [2.24, 2.45) is 0 Å². The third-order valence-corrected chi connectivity index (χ3v) is 4.01. The molecule has 1 atom stereocenters. The van der Waals surface area contributed by atoms with E-state index in [0.29, 0.717) is 18.2 Å². The van der Waals surface area contributed by atoms with Gasteiger partial charge in [0.1, 0.15) is 11.4 Å². The number of pyridine rings is 1. The summed E-state index contributed by atoms with van der Waals surface area (Å²) in [5.74, 6) is 0.770. The largest absolute Gasteiger partial charge is 0.497 e. The van der Waals surface area contributed by atoms with Crippen LogP contribution in [-0.4, -0.2) is 28.1 Å². The molecular weight excluding hydrogens is 314 g/mol. The Morgan fingerprint density at radius 2 is 2.04 bits per heavy atom. The molecule has 23 heavy (non-hydrogen) atoms. The Balaban J connectivity index is 1.62. The van der Waals surface area contributed by atoms with Gasteiger partial charge in [-0.1, -0.05) is 29.8 Å². The number of halogens is 1. The van der Waals surface area contributed by atoms with Crippen molar-refractivity contribution in [1.29, 1.82) is 0 Å². The van der Waals surface area contributed by atoms with Crippen molar-refractivity contribution in [3.8, 4) is 5.75 Å². The van der Waals surface area contributed by atoms with Gasteiger partial charge >= 0.3 is 0 Å². The van der Waals surface area contributed by atoms with E-state index in [0.717, 1.165) is 22.7 Å². The Bertz CT molecular complexity index is 786. The summed E-state index contributed by atoms with van der Waals surface area (Å²) >= 11 is 6.19. The van der Waals surface area contributed by atoms with Gasteiger partial charge in [0.15, 0.2) is 5.15 Å². The van der Waals surface area contributed by atoms with Crippen LogP contribution in [0.15, 0.2) is 48.7 Å². The second-order valence-electron chi connectivity index (χ2n) is 5.20. The van der Waals surface area contributed by atoms with Crippen molar-refractivity contribution in [2.45, 2.75) is 12.6 Å². The topological polar surface area (TPSA) is 58.8 Å². The minimum Gasteiger partial charge on any atom is -0.497 e. The highest BCUT2D eigenvalue weighted by Crippen LogP contribution is 2.19. The van der Waals surface area contributed by atoms with Gasteiger partial charge in [-0.05, 0) is 29.8 Å². The van der Waals surface area contributed by atoms with E-state index < -0.39 is 6.10 Å². The van der Waals surface area contributed by atoms with Crippen molar-refractivity contribution < 1.29 is 9.84 Å². The summed E-state index contributed by atoms with van der Waals surface area (Å²) in [4.78, 5) is 4.30. The number of rotatable bonds is 6. The van der Waals surface area contributed by atoms with E-state index in [2.05, 4.69) is 10.3 Å². The molecule has 0 aliphatic heterocycles. The quantitative estimate of drug-likeness (QED) is 0.729. The molecule has 6 heteroatoms. The summed E-state index contributed by atoms with van der Waals surface area (Å²) in [6.45, 7) is 0.944. The lowest BCUT2D eigenvalue weighted by molar-refractivity contribution is 0.174. The Morgan fingerprint density at radius 3 is 2.78 bits per heavy atom. The van der Waals surface area contributed by atoms with Gasteiger partial charge in [-0.3, -0.25) is 0 Å². The lowest BCUT2D eigenvalue weighted by atomic mass is 10.1. The first-order valence-corrected chi connectivity index (χ1v) is 7.71. The van der Waals surface area contributed by atoms with E-state index >= 15 is 0 Å². The average molecular weight is 332 g/mol. The number of fused-ring (bicyclic) bond motifs is 1. The number of aliphatic hydroxyl groups is 1. The number of hydrogen-bond acceptors (Lipinski definition) is 4. The van der Waals surface area contributed by atoms with Crippen LogP contribution < -0.4 is 10.1 Å². The van der Waals surface area contributed by atoms with E-state index in [1.165, 1.54) is 0 Å². The highest BCUT2D eigenvalue weighted by atomic mass is 35.5. The molecule has 2 aromatic heterocycles. The molecule has 0 saturated carbocycles. The minimum atomic E-state index is -0.598. The summed E-state index contributed by atoms with van der Waals surface area (Å²) < 4.78 is 7.05. The van der Waals surface area contributed by atoms with Gasteiger partial charge in [-0.2, -0.15) is 0 Å². The number of aromatic nitrogens is 2. The summed E-state index contributed by atoms with van der Waals surface area (Å²) in [6, 6.07) is 13.1. The molecule has 1 aromatic carbocycles. The van der Waals surface area contributed by atoms with Crippen LogP contribution in [0.2, 0.25) is 5.15 Å². The number of nitrogens with zero attached hydrogens (tertiary/aromatic N) is 2. The minimum absolute atomic E-state index is 0.419. The molecule has 3 aromatic rings. The summed E-state index contributed by atoms with van der Waals surface area (Å²) in [6.07, 6.45) is 1.32. The van der Waals surface area contributed by atoms with E-state index in [1.54, 1.807) is 7.11 Å². The van der Waals surface area contributed by atoms with Crippen LogP contribution in [0.25, 0.3) is 5.65 Å². The average Bonchev–Trinajstić information content (AvgIpc) is 2.90. The molecular formula is C17H18ClN3O2. The molecule has 0 amide bonds. The third-order valence-electron chi connectivity index (χ3n) is 3.71. The molecule has 120 valence electrons. The molecule has 0 bridgehead atoms. The van der Waals surface area contributed by atoms with Gasteiger partial charge in [-0.15, -0.1) is 0 Å². The highest BCUT2D eigenvalue weighted by molar-refractivity contribution is 6.30. The molecule has 0 radical (unpaired) electrons. The van der Waals surface area contributed by atoms with Crippen molar-refractivity contribution in [3.05, 3.63) is 65.1 Å². The van der Waals surface area contributed by atoms with Gasteiger partial charge < -0.3 is 19.6 Å². The van der Waals surface area contributed by atoms with Gasteiger partial charge in [0.05, 0.1) is 18.9 Å². The summed E-state index contributed by atoms with van der Waals surface area (Å²) in [5, 5.41) is 13.9. The molecule has 1 unspecified atom stereocenters.